The molecule has 0 spiro atoms. The fourth-order valence-corrected chi connectivity index (χ4v) is 2.64. The molecule has 0 aromatic heterocycles. The molecule has 0 fully saturated rings. The first-order chi connectivity index (χ1) is 12.5. The minimum absolute atomic E-state index is 0.0687. The summed E-state index contributed by atoms with van der Waals surface area (Å²) >= 11 is 0. The molecule has 2 amide bonds. The van der Waals surface area contributed by atoms with Gasteiger partial charge in [-0.3, -0.25) is 9.59 Å². The van der Waals surface area contributed by atoms with Gasteiger partial charge in [0.15, 0.2) is 0 Å². The molecule has 0 radical (unpaired) electrons. The van der Waals surface area contributed by atoms with E-state index in [1.807, 2.05) is 36.4 Å². The lowest BCUT2D eigenvalue weighted by Gasteiger charge is -2.11. The van der Waals surface area contributed by atoms with E-state index in [0.29, 0.717) is 11.3 Å². The maximum atomic E-state index is 12.1. The molecule has 26 heavy (non-hydrogen) atoms. The fourth-order valence-electron chi connectivity index (χ4n) is 2.64. The molecule has 0 saturated carbocycles. The van der Waals surface area contributed by atoms with E-state index in [0.717, 1.165) is 16.5 Å². The Bertz CT molecular complexity index is 933. The fraction of sp³-hybridized carbons (Fsp3) is 0.143. The average molecular weight is 347 g/mol. The first-order valence-corrected chi connectivity index (χ1v) is 8.37. The third-order valence-corrected chi connectivity index (χ3v) is 4.02. The van der Waals surface area contributed by atoms with Crippen molar-refractivity contribution in [2.45, 2.75) is 0 Å². The van der Waals surface area contributed by atoms with E-state index in [1.54, 1.807) is 38.4 Å². The summed E-state index contributed by atoms with van der Waals surface area (Å²) in [6.07, 6.45) is 0. The second-order valence-electron chi connectivity index (χ2n) is 6.24. The summed E-state index contributed by atoms with van der Waals surface area (Å²) in [5.74, 6) is -0.217. The maximum Gasteiger partial charge on any atom is 0.253 e. The molecule has 0 unspecified atom stereocenters. The third-order valence-electron chi connectivity index (χ3n) is 4.02. The Balaban J connectivity index is 1.57. The minimum atomic E-state index is -0.148. The number of nitrogens with zero attached hydrogens (tertiary/aromatic N) is 1. The van der Waals surface area contributed by atoms with Gasteiger partial charge in [-0.1, -0.05) is 30.3 Å². The van der Waals surface area contributed by atoms with Crippen molar-refractivity contribution in [3.8, 4) is 0 Å². The highest BCUT2D eigenvalue weighted by atomic mass is 16.2. The summed E-state index contributed by atoms with van der Waals surface area (Å²) in [6.45, 7) is 0.163. The van der Waals surface area contributed by atoms with Crippen LogP contribution in [0.5, 0.6) is 0 Å². The van der Waals surface area contributed by atoms with Crippen LogP contribution in [-0.2, 0) is 4.79 Å². The quantitative estimate of drug-likeness (QED) is 0.741. The highest BCUT2D eigenvalue weighted by molar-refractivity contribution is 5.96. The van der Waals surface area contributed by atoms with Crippen LogP contribution in [0.1, 0.15) is 10.4 Å². The van der Waals surface area contributed by atoms with Gasteiger partial charge in [-0.15, -0.1) is 0 Å². The van der Waals surface area contributed by atoms with Crippen LogP contribution in [0, 0.1) is 0 Å². The third kappa shape index (κ3) is 4.19. The van der Waals surface area contributed by atoms with Crippen molar-refractivity contribution < 1.29 is 9.59 Å². The Morgan fingerprint density at radius 2 is 1.50 bits per heavy atom. The van der Waals surface area contributed by atoms with Crippen LogP contribution in [0.25, 0.3) is 10.8 Å². The van der Waals surface area contributed by atoms with Crippen LogP contribution in [-0.4, -0.2) is 37.4 Å². The summed E-state index contributed by atoms with van der Waals surface area (Å²) in [4.78, 5) is 25.5. The topological polar surface area (TPSA) is 61.4 Å². The van der Waals surface area contributed by atoms with Crippen LogP contribution in [0.2, 0.25) is 0 Å². The summed E-state index contributed by atoms with van der Waals surface area (Å²) in [7, 11) is 3.41. The number of hydrogen-bond acceptors (Lipinski definition) is 3. The van der Waals surface area contributed by atoms with Crippen LogP contribution in [0.15, 0.2) is 66.7 Å². The van der Waals surface area contributed by atoms with Crippen LogP contribution in [0.4, 0.5) is 11.4 Å². The van der Waals surface area contributed by atoms with E-state index >= 15 is 0 Å². The molecule has 5 nitrogen and oxygen atoms in total. The predicted molar refractivity (Wildman–Crippen MR) is 106 cm³/mol. The van der Waals surface area contributed by atoms with Gasteiger partial charge in [-0.05, 0) is 47.2 Å². The van der Waals surface area contributed by atoms with Gasteiger partial charge in [-0.2, -0.15) is 0 Å². The molecule has 0 bridgehead atoms. The lowest BCUT2D eigenvalue weighted by molar-refractivity contribution is -0.114. The Labute approximate surface area is 152 Å². The normalized spacial score (nSPS) is 10.4. The molecule has 0 heterocycles. The second-order valence-corrected chi connectivity index (χ2v) is 6.24. The van der Waals surface area contributed by atoms with Gasteiger partial charge in [-0.25, -0.2) is 0 Å². The molecular weight excluding hydrogens is 326 g/mol. The van der Waals surface area contributed by atoms with E-state index in [2.05, 4.69) is 16.7 Å². The van der Waals surface area contributed by atoms with Gasteiger partial charge < -0.3 is 15.5 Å². The molecule has 132 valence electrons. The molecule has 3 rings (SSSR count). The number of nitrogens with one attached hydrogen (secondary N) is 2. The van der Waals surface area contributed by atoms with Crippen molar-refractivity contribution in [1.29, 1.82) is 0 Å². The van der Waals surface area contributed by atoms with Crippen LogP contribution < -0.4 is 10.6 Å². The Morgan fingerprint density at radius 1 is 0.846 bits per heavy atom. The molecule has 2 N–H and O–H groups in total. The van der Waals surface area contributed by atoms with E-state index in [9.17, 15) is 9.59 Å². The van der Waals surface area contributed by atoms with Crippen molar-refractivity contribution in [2.75, 3.05) is 31.3 Å². The Kier molecular flexibility index (Phi) is 5.17. The summed E-state index contributed by atoms with van der Waals surface area (Å²) < 4.78 is 0. The molecular formula is C21H21N3O2. The van der Waals surface area contributed by atoms with Gasteiger partial charge in [0.2, 0.25) is 5.91 Å². The van der Waals surface area contributed by atoms with Crippen molar-refractivity contribution in [2.24, 2.45) is 0 Å². The van der Waals surface area contributed by atoms with Gasteiger partial charge in [0, 0.05) is 31.0 Å². The Morgan fingerprint density at radius 3 is 2.19 bits per heavy atom. The number of carbonyl (C=O) groups is 2. The Hall–Kier alpha value is -3.34. The lowest BCUT2D eigenvalue weighted by atomic mass is 10.1. The lowest BCUT2D eigenvalue weighted by Crippen LogP contribution is -2.22. The zero-order chi connectivity index (χ0) is 18.5. The summed E-state index contributed by atoms with van der Waals surface area (Å²) in [5, 5.41) is 8.23. The molecule has 3 aromatic carbocycles. The number of amides is 2. The zero-order valence-corrected chi connectivity index (χ0v) is 14.8. The van der Waals surface area contributed by atoms with E-state index in [1.165, 1.54) is 4.90 Å². The first kappa shape index (κ1) is 17.5. The highest BCUT2D eigenvalue weighted by Gasteiger charge is 2.08. The molecule has 0 aliphatic rings. The number of anilines is 2. The van der Waals surface area contributed by atoms with E-state index < -0.39 is 0 Å². The van der Waals surface area contributed by atoms with E-state index in [4.69, 9.17) is 0 Å². The minimum Gasteiger partial charge on any atom is -0.376 e. The van der Waals surface area contributed by atoms with Gasteiger partial charge in [0.05, 0.1) is 6.54 Å². The number of fused-ring (bicyclic) bond motifs is 1. The SMILES string of the molecule is CN(C)C(=O)c1ccc(NC(=O)CNc2ccc3ccccc3c2)cc1. The van der Waals surface area contributed by atoms with Crippen LogP contribution in [0.3, 0.4) is 0 Å². The zero-order valence-electron chi connectivity index (χ0n) is 14.8. The van der Waals surface area contributed by atoms with Gasteiger partial charge in [0.1, 0.15) is 0 Å². The number of hydrogen-bond donors (Lipinski definition) is 2. The molecule has 0 aliphatic heterocycles. The summed E-state index contributed by atoms with van der Waals surface area (Å²) in [5.41, 5.74) is 2.14. The van der Waals surface area contributed by atoms with Gasteiger partial charge in [0.25, 0.3) is 5.91 Å². The van der Waals surface area contributed by atoms with Crippen molar-refractivity contribution in [3.05, 3.63) is 72.3 Å². The van der Waals surface area contributed by atoms with Crippen molar-refractivity contribution >= 4 is 34.0 Å². The molecule has 0 atom stereocenters. The summed E-state index contributed by atoms with van der Waals surface area (Å²) in [6, 6.07) is 20.9. The molecule has 3 aromatic rings. The van der Waals surface area contributed by atoms with Gasteiger partial charge >= 0.3 is 0 Å². The van der Waals surface area contributed by atoms with Crippen LogP contribution >= 0.6 is 0 Å². The van der Waals surface area contributed by atoms with E-state index in [-0.39, 0.29) is 18.4 Å². The average Bonchev–Trinajstić information content (AvgIpc) is 2.66. The first-order valence-electron chi connectivity index (χ1n) is 8.37. The smallest absolute Gasteiger partial charge is 0.253 e. The van der Waals surface area contributed by atoms with Crippen molar-refractivity contribution in [3.63, 3.8) is 0 Å². The standard InChI is InChI=1S/C21H21N3O2/c1-24(2)21(26)16-8-10-18(11-9-16)23-20(25)14-22-19-12-7-15-5-3-4-6-17(15)13-19/h3-13,22H,14H2,1-2H3,(H,23,25). The monoisotopic (exact) mass is 347 g/mol. The second kappa shape index (κ2) is 7.70. The molecule has 0 saturated heterocycles. The largest absolute Gasteiger partial charge is 0.376 e. The molecule has 5 heteroatoms. The highest BCUT2D eigenvalue weighted by Crippen LogP contribution is 2.18. The molecule has 0 aliphatic carbocycles. The predicted octanol–water partition coefficient (Wildman–Crippen LogP) is 3.59. The number of benzene rings is 3. The maximum absolute atomic E-state index is 12.1. The number of rotatable bonds is 5. The number of carbonyl (C=O) groups excluding carboxylic acids is 2. The van der Waals surface area contributed by atoms with Crippen molar-refractivity contribution in [1.82, 2.24) is 4.90 Å².